The van der Waals surface area contributed by atoms with E-state index < -0.39 is 12.8 Å². The van der Waals surface area contributed by atoms with Gasteiger partial charge in [-0.2, -0.15) is 0 Å². The SMILES string of the molecule is [2H]C1C([2H])C2C=CC1C2OC(C)=O. The first-order valence-corrected chi connectivity index (χ1v) is 3.81. The molecule has 0 aromatic rings. The Morgan fingerprint density at radius 2 is 2.09 bits per heavy atom. The van der Waals surface area contributed by atoms with Crippen molar-refractivity contribution >= 4 is 5.97 Å². The normalized spacial score (nSPS) is 55.5. The standard InChI is InChI=1S/C9H12O2/c1-6(10)11-9-7-2-3-8(9)5-4-7/h2-3,7-9H,4-5H2,1H3/i4D,5D. The van der Waals surface area contributed by atoms with Gasteiger partial charge in [-0.05, 0) is 12.8 Å². The van der Waals surface area contributed by atoms with Crippen LogP contribution >= 0.6 is 0 Å². The molecule has 0 aliphatic heterocycles. The summed E-state index contributed by atoms with van der Waals surface area (Å²) in [6, 6.07) is 0. The molecule has 4 atom stereocenters. The van der Waals surface area contributed by atoms with Crippen LogP contribution in [-0.2, 0) is 9.53 Å². The number of rotatable bonds is 1. The van der Waals surface area contributed by atoms with Crippen LogP contribution in [0.25, 0.3) is 0 Å². The Morgan fingerprint density at radius 1 is 1.55 bits per heavy atom. The molecule has 2 heteroatoms. The van der Waals surface area contributed by atoms with Crippen LogP contribution in [0.5, 0.6) is 0 Å². The van der Waals surface area contributed by atoms with Gasteiger partial charge < -0.3 is 4.74 Å². The minimum absolute atomic E-state index is 0.0589. The smallest absolute Gasteiger partial charge is 0.302 e. The zero-order chi connectivity index (χ0) is 9.59. The topological polar surface area (TPSA) is 26.3 Å². The number of hydrogen-bond donors (Lipinski definition) is 0. The highest BCUT2D eigenvalue weighted by Gasteiger charge is 2.39. The first kappa shape index (κ1) is 4.96. The molecule has 1 fully saturated rings. The summed E-state index contributed by atoms with van der Waals surface area (Å²) >= 11 is 0. The van der Waals surface area contributed by atoms with Gasteiger partial charge in [0.05, 0.1) is 0 Å². The summed E-state index contributed by atoms with van der Waals surface area (Å²) in [4.78, 5) is 10.8. The predicted molar refractivity (Wildman–Crippen MR) is 40.9 cm³/mol. The molecule has 0 saturated heterocycles. The molecule has 0 aromatic heterocycles. The molecule has 60 valence electrons. The highest BCUT2D eigenvalue weighted by atomic mass is 16.5. The van der Waals surface area contributed by atoms with Crippen molar-refractivity contribution in [2.24, 2.45) is 11.8 Å². The lowest BCUT2D eigenvalue weighted by atomic mass is 10.1. The molecule has 0 aromatic carbocycles. The molecule has 2 nitrogen and oxygen atoms in total. The Labute approximate surface area is 69.0 Å². The number of fused-ring (bicyclic) bond motifs is 2. The van der Waals surface area contributed by atoms with Crippen molar-refractivity contribution < 1.29 is 12.3 Å². The Bertz CT molecular complexity index is 246. The van der Waals surface area contributed by atoms with Crippen LogP contribution in [0.2, 0.25) is 0 Å². The van der Waals surface area contributed by atoms with E-state index in [9.17, 15) is 4.79 Å². The molecule has 11 heavy (non-hydrogen) atoms. The summed E-state index contributed by atoms with van der Waals surface area (Å²) in [6.07, 6.45) is 2.70. The fourth-order valence-corrected chi connectivity index (χ4v) is 1.68. The number of hydrogen-bond acceptors (Lipinski definition) is 2. The fourth-order valence-electron chi connectivity index (χ4n) is 1.68. The van der Waals surface area contributed by atoms with Crippen LogP contribution in [0.3, 0.4) is 0 Å². The number of esters is 1. The minimum Gasteiger partial charge on any atom is -0.461 e. The average molecular weight is 154 g/mol. The number of ether oxygens (including phenoxy) is 1. The van der Waals surface area contributed by atoms with E-state index in [1.165, 1.54) is 6.92 Å². The molecule has 0 radical (unpaired) electrons. The van der Waals surface area contributed by atoms with Crippen molar-refractivity contribution in [2.45, 2.75) is 25.8 Å². The lowest BCUT2D eigenvalue weighted by molar-refractivity contribution is -0.148. The lowest BCUT2D eigenvalue weighted by Crippen LogP contribution is -2.21. The quantitative estimate of drug-likeness (QED) is 0.422. The lowest BCUT2D eigenvalue weighted by Gasteiger charge is -2.14. The summed E-state index contributed by atoms with van der Waals surface area (Å²) in [6.45, 7) is 1.37. The van der Waals surface area contributed by atoms with Gasteiger partial charge in [-0.25, -0.2) is 0 Å². The Morgan fingerprint density at radius 3 is 2.55 bits per heavy atom. The monoisotopic (exact) mass is 154 g/mol. The van der Waals surface area contributed by atoms with Gasteiger partial charge >= 0.3 is 5.97 Å². The molecule has 0 amide bonds. The molecule has 1 saturated carbocycles. The van der Waals surface area contributed by atoms with E-state index >= 15 is 0 Å². The molecular formula is C9H12O2. The van der Waals surface area contributed by atoms with Crippen LogP contribution < -0.4 is 0 Å². The van der Waals surface area contributed by atoms with E-state index in [2.05, 4.69) is 0 Å². The Kier molecular flexibility index (Phi) is 1.07. The molecule has 2 aliphatic carbocycles. The minimum atomic E-state index is -0.431. The molecule has 0 heterocycles. The Hall–Kier alpha value is -0.790. The molecular weight excluding hydrogens is 140 g/mol. The summed E-state index contributed by atoms with van der Waals surface area (Å²) in [5, 5.41) is 0. The van der Waals surface area contributed by atoms with Gasteiger partial charge in [-0.15, -0.1) is 0 Å². The summed E-state index contributed by atoms with van der Waals surface area (Å²) in [5.74, 6) is -0.433. The Balaban J connectivity index is 2.14. The van der Waals surface area contributed by atoms with E-state index in [1.54, 1.807) is 0 Å². The van der Waals surface area contributed by atoms with Crippen molar-refractivity contribution in [3.8, 4) is 0 Å². The highest BCUT2D eigenvalue weighted by molar-refractivity contribution is 5.66. The number of carbonyl (C=O) groups is 1. The highest BCUT2D eigenvalue weighted by Crippen LogP contribution is 2.40. The maximum Gasteiger partial charge on any atom is 0.302 e. The maximum atomic E-state index is 10.8. The third-order valence-corrected chi connectivity index (χ3v) is 2.17. The van der Waals surface area contributed by atoms with Crippen molar-refractivity contribution in [2.75, 3.05) is 0 Å². The zero-order valence-corrected chi connectivity index (χ0v) is 6.36. The van der Waals surface area contributed by atoms with Crippen LogP contribution in [0, 0.1) is 11.8 Å². The van der Waals surface area contributed by atoms with Crippen LogP contribution in [-0.4, -0.2) is 12.1 Å². The fraction of sp³-hybridized carbons (Fsp3) is 0.667. The van der Waals surface area contributed by atoms with Gasteiger partial charge in [-0.1, -0.05) is 12.2 Å². The zero-order valence-electron chi connectivity index (χ0n) is 8.36. The predicted octanol–water partition coefficient (Wildman–Crippen LogP) is 1.51. The van der Waals surface area contributed by atoms with E-state index in [0.29, 0.717) is 0 Å². The van der Waals surface area contributed by atoms with Gasteiger partial charge in [-0.3, -0.25) is 4.79 Å². The van der Waals surface area contributed by atoms with Crippen molar-refractivity contribution in [3.63, 3.8) is 0 Å². The van der Waals surface area contributed by atoms with E-state index in [0.717, 1.165) is 0 Å². The summed E-state index contributed by atoms with van der Waals surface area (Å²) in [7, 11) is 0. The maximum absolute atomic E-state index is 10.8. The average Bonchev–Trinajstić information content (AvgIpc) is 2.51. The van der Waals surface area contributed by atoms with Crippen LogP contribution in [0.4, 0.5) is 0 Å². The van der Waals surface area contributed by atoms with Crippen LogP contribution in [0.15, 0.2) is 12.2 Å². The second-order valence-electron chi connectivity index (χ2n) is 3.00. The van der Waals surface area contributed by atoms with Gasteiger partial charge in [0, 0.05) is 21.5 Å². The molecule has 2 bridgehead atoms. The van der Waals surface area contributed by atoms with Crippen molar-refractivity contribution in [3.05, 3.63) is 12.2 Å². The largest absolute Gasteiger partial charge is 0.461 e. The third-order valence-electron chi connectivity index (χ3n) is 2.17. The van der Waals surface area contributed by atoms with E-state index in [4.69, 9.17) is 7.48 Å². The van der Waals surface area contributed by atoms with E-state index in [-0.39, 0.29) is 23.9 Å². The first-order valence-electron chi connectivity index (χ1n) is 4.97. The van der Waals surface area contributed by atoms with Gasteiger partial charge in [0.15, 0.2) is 0 Å². The molecule has 2 rings (SSSR count). The van der Waals surface area contributed by atoms with Crippen LogP contribution in [0.1, 0.15) is 22.5 Å². The van der Waals surface area contributed by atoms with Gasteiger partial charge in [0.2, 0.25) is 0 Å². The summed E-state index contributed by atoms with van der Waals surface area (Å²) in [5.41, 5.74) is 0. The molecule has 0 N–H and O–H groups in total. The first-order chi connectivity index (χ1) is 6.11. The molecule has 4 unspecified atom stereocenters. The van der Waals surface area contributed by atoms with Gasteiger partial charge in [0.1, 0.15) is 6.10 Å². The molecule has 2 aliphatic rings. The third kappa shape index (κ3) is 1.06. The second kappa shape index (κ2) is 2.36. The van der Waals surface area contributed by atoms with Gasteiger partial charge in [0.25, 0.3) is 0 Å². The van der Waals surface area contributed by atoms with Crippen molar-refractivity contribution in [1.29, 1.82) is 0 Å². The van der Waals surface area contributed by atoms with Crippen molar-refractivity contribution in [1.82, 2.24) is 0 Å². The summed E-state index contributed by atoms with van der Waals surface area (Å²) < 4.78 is 20.4. The van der Waals surface area contributed by atoms with E-state index in [1.807, 2.05) is 12.2 Å². The number of carbonyl (C=O) groups excluding carboxylic acids is 1. The molecule has 0 spiro atoms. The second-order valence-corrected chi connectivity index (χ2v) is 3.00.